The normalized spacial score (nSPS) is 10.2. The molecule has 0 aromatic heterocycles. The molecule has 7 heteroatoms. The second-order valence-electron chi connectivity index (χ2n) is 4.10. The molecule has 108 valence electrons. The summed E-state index contributed by atoms with van der Waals surface area (Å²) in [5.74, 6) is -0.340. The van der Waals surface area contributed by atoms with Crippen molar-refractivity contribution >= 4 is 34.9 Å². The lowest BCUT2D eigenvalue weighted by molar-refractivity contribution is -0.384. The Morgan fingerprint density at radius 2 is 1.67 bits per heavy atom. The number of nitro benzene ring substituents is 1. The standard InChI is InChI=1S/C14H9Cl2NO4/c15-12-2-1-3-13(16)11(12)8-14(18)21-10-6-4-9(5-7-10)17(19)20/h1-7H,8H2. The van der Waals surface area contributed by atoms with Crippen LogP contribution in [0.2, 0.25) is 10.0 Å². The van der Waals surface area contributed by atoms with Gasteiger partial charge in [-0.05, 0) is 24.3 Å². The number of ether oxygens (including phenoxy) is 1. The molecule has 5 nitrogen and oxygen atoms in total. The van der Waals surface area contributed by atoms with Crippen LogP contribution in [0.15, 0.2) is 42.5 Å². The third kappa shape index (κ3) is 3.93. The number of halogens is 2. The van der Waals surface area contributed by atoms with E-state index in [-0.39, 0.29) is 17.9 Å². The Morgan fingerprint density at radius 1 is 1.10 bits per heavy atom. The number of benzene rings is 2. The molecule has 0 radical (unpaired) electrons. The van der Waals surface area contributed by atoms with Crippen molar-refractivity contribution in [1.82, 2.24) is 0 Å². The van der Waals surface area contributed by atoms with Crippen LogP contribution in [0.25, 0.3) is 0 Å². The number of hydrogen-bond donors (Lipinski definition) is 0. The fourth-order valence-corrected chi connectivity index (χ4v) is 2.18. The van der Waals surface area contributed by atoms with Crippen molar-refractivity contribution in [3.8, 4) is 5.75 Å². The zero-order valence-corrected chi connectivity index (χ0v) is 12.1. The quantitative estimate of drug-likeness (QED) is 0.368. The van der Waals surface area contributed by atoms with Crippen LogP contribution >= 0.6 is 23.2 Å². The van der Waals surface area contributed by atoms with Gasteiger partial charge in [0.1, 0.15) is 5.75 Å². The molecule has 2 aromatic rings. The molecule has 0 fully saturated rings. The zero-order valence-electron chi connectivity index (χ0n) is 10.6. The highest BCUT2D eigenvalue weighted by Crippen LogP contribution is 2.25. The highest BCUT2D eigenvalue weighted by atomic mass is 35.5. The van der Waals surface area contributed by atoms with Gasteiger partial charge in [0.15, 0.2) is 0 Å². The molecule has 0 unspecified atom stereocenters. The van der Waals surface area contributed by atoms with Crippen LogP contribution in [-0.2, 0) is 11.2 Å². The van der Waals surface area contributed by atoms with Crippen molar-refractivity contribution in [1.29, 1.82) is 0 Å². The Bertz CT molecular complexity index is 666. The van der Waals surface area contributed by atoms with E-state index in [2.05, 4.69) is 0 Å². The summed E-state index contributed by atoms with van der Waals surface area (Å²) in [6, 6.07) is 10.1. The van der Waals surface area contributed by atoms with Crippen LogP contribution in [0.4, 0.5) is 5.69 Å². The van der Waals surface area contributed by atoms with Gasteiger partial charge in [-0.1, -0.05) is 29.3 Å². The molecule has 2 aromatic carbocycles. The molecule has 0 amide bonds. The summed E-state index contributed by atoms with van der Waals surface area (Å²) in [6.45, 7) is 0. The topological polar surface area (TPSA) is 69.4 Å². The highest BCUT2D eigenvalue weighted by molar-refractivity contribution is 6.36. The van der Waals surface area contributed by atoms with E-state index in [9.17, 15) is 14.9 Å². The number of esters is 1. The van der Waals surface area contributed by atoms with Gasteiger partial charge < -0.3 is 4.74 Å². The van der Waals surface area contributed by atoms with E-state index in [0.717, 1.165) is 0 Å². The third-order valence-corrected chi connectivity index (χ3v) is 3.37. The molecule has 0 N–H and O–H groups in total. The van der Waals surface area contributed by atoms with Crippen LogP contribution in [0.5, 0.6) is 5.75 Å². The van der Waals surface area contributed by atoms with E-state index < -0.39 is 10.9 Å². The molecule has 0 heterocycles. The van der Waals surface area contributed by atoms with Crippen LogP contribution in [-0.4, -0.2) is 10.9 Å². The minimum Gasteiger partial charge on any atom is -0.426 e. The molecule has 0 saturated heterocycles. The van der Waals surface area contributed by atoms with E-state index >= 15 is 0 Å². The van der Waals surface area contributed by atoms with E-state index in [1.54, 1.807) is 18.2 Å². The first-order valence-corrected chi connectivity index (χ1v) is 6.61. The monoisotopic (exact) mass is 325 g/mol. The average molecular weight is 326 g/mol. The fraction of sp³-hybridized carbons (Fsp3) is 0.0714. The van der Waals surface area contributed by atoms with Gasteiger partial charge in [0.2, 0.25) is 0 Å². The van der Waals surface area contributed by atoms with Crippen molar-refractivity contribution in [3.05, 3.63) is 68.2 Å². The zero-order chi connectivity index (χ0) is 15.4. The Balaban J connectivity index is 2.06. The average Bonchev–Trinajstić information content (AvgIpc) is 2.43. The summed E-state index contributed by atoms with van der Waals surface area (Å²) < 4.78 is 5.08. The van der Waals surface area contributed by atoms with E-state index in [1.165, 1.54) is 24.3 Å². The lowest BCUT2D eigenvalue weighted by Gasteiger charge is -2.07. The molecule has 0 aliphatic carbocycles. The predicted octanol–water partition coefficient (Wildman–Crippen LogP) is 4.05. The van der Waals surface area contributed by atoms with Crippen LogP contribution < -0.4 is 4.74 Å². The van der Waals surface area contributed by atoms with E-state index in [1.807, 2.05) is 0 Å². The van der Waals surface area contributed by atoms with Gasteiger partial charge in [0.25, 0.3) is 5.69 Å². The summed E-state index contributed by atoms with van der Waals surface area (Å²) >= 11 is 11.9. The molecule has 2 rings (SSSR count). The molecule has 0 saturated carbocycles. The fourth-order valence-electron chi connectivity index (χ4n) is 1.65. The van der Waals surface area contributed by atoms with Gasteiger partial charge in [-0.2, -0.15) is 0 Å². The summed E-state index contributed by atoms with van der Waals surface area (Å²) in [6.07, 6.45) is -0.0878. The van der Waals surface area contributed by atoms with Gasteiger partial charge >= 0.3 is 5.97 Å². The summed E-state index contributed by atoms with van der Waals surface area (Å²) in [5, 5.41) is 11.3. The smallest absolute Gasteiger partial charge is 0.315 e. The van der Waals surface area contributed by atoms with Crippen molar-refractivity contribution < 1.29 is 14.5 Å². The Labute approximate surface area is 130 Å². The van der Waals surface area contributed by atoms with Crippen molar-refractivity contribution in [2.45, 2.75) is 6.42 Å². The minimum atomic E-state index is -0.557. The Kier molecular flexibility index (Phi) is 4.77. The van der Waals surface area contributed by atoms with Crippen molar-refractivity contribution in [2.24, 2.45) is 0 Å². The first-order chi connectivity index (χ1) is 9.97. The molecule has 0 spiro atoms. The molecule has 21 heavy (non-hydrogen) atoms. The van der Waals surface area contributed by atoms with Gasteiger partial charge in [-0.3, -0.25) is 14.9 Å². The van der Waals surface area contributed by atoms with Crippen LogP contribution in [0.3, 0.4) is 0 Å². The number of hydrogen-bond acceptors (Lipinski definition) is 4. The Morgan fingerprint density at radius 3 is 2.19 bits per heavy atom. The number of nitrogens with zero attached hydrogens (tertiary/aromatic N) is 1. The maximum atomic E-state index is 11.8. The van der Waals surface area contributed by atoms with E-state index in [4.69, 9.17) is 27.9 Å². The Hall–Kier alpha value is -2.11. The molecule has 0 bridgehead atoms. The van der Waals surface area contributed by atoms with Crippen LogP contribution in [0.1, 0.15) is 5.56 Å². The number of carbonyl (C=O) groups excluding carboxylic acids is 1. The summed E-state index contributed by atoms with van der Waals surface area (Å²) in [5.41, 5.74) is 0.400. The molecule has 0 aliphatic heterocycles. The van der Waals surface area contributed by atoms with Gasteiger partial charge in [0, 0.05) is 27.7 Å². The van der Waals surface area contributed by atoms with Crippen LogP contribution in [0, 0.1) is 10.1 Å². The third-order valence-electron chi connectivity index (χ3n) is 2.66. The highest BCUT2D eigenvalue weighted by Gasteiger charge is 2.13. The van der Waals surface area contributed by atoms with Gasteiger partial charge in [0.05, 0.1) is 11.3 Å². The maximum Gasteiger partial charge on any atom is 0.315 e. The molecule has 0 aliphatic rings. The van der Waals surface area contributed by atoms with Gasteiger partial charge in [-0.25, -0.2) is 0 Å². The summed E-state index contributed by atoms with van der Waals surface area (Å²) in [7, 11) is 0. The number of carbonyl (C=O) groups is 1. The molecular formula is C14H9Cl2NO4. The second-order valence-corrected chi connectivity index (χ2v) is 4.92. The molecule has 0 atom stereocenters. The second kappa shape index (κ2) is 6.56. The summed E-state index contributed by atoms with van der Waals surface area (Å²) in [4.78, 5) is 21.8. The maximum absolute atomic E-state index is 11.8. The first-order valence-electron chi connectivity index (χ1n) is 5.85. The lowest BCUT2D eigenvalue weighted by atomic mass is 10.1. The van der Waals surface area contributed by atoms with Crippen molar-refractivity contribution in [3.63, 3.8) is 0 Å². The largest absolute Gasteiger partial charge is 0.426 e. The van der Waals surface area contributed by atoms with Gasteiger partial charge in [-0.15, -0.1) is 0 Å². The predicted molar refractivity (Wildman–Crippen MR) is 78.9 cm³/mol. The number of nitro groups is 1. The SMILES string of the molecule is O=C(Cc1c(Cl)cccc1Cl)Oc1ccc([N+](=O)[O-])cc1. The molecular weight excluding hydrogens is 317 g/mol. The first kappa shape index (κ1) is 15.3. The number of rotatable bonds is 4. The number of non-ortho nitro benzene ring substituents is 1. The van der Waals surface area contributed by atoms with E-state index in [0.29, 0.717) is 15.6 Å². The minimum absolute atomic E-state index is 0.0797. The lowest BCUT2D eigenvalue weighted by Crippen LogP contribution is -2.11. The van der Waals surface area contributed by atoms with Crippen molar-refractivity contribution in [2.75, 3.05) is 0 Å².